The van der Waals surface area contributed by atoms with Gasteiger partial charge in [0.1, 0.15) is 0 Å². The van der Waals surface area contributed by atoms with Gasteiger partial charge in [0.05, 0.1) is 12.0 Å². The van der Waals surface area contributed by atoms with Crippen molar-refractivity contribution in [1.82, 2.24) is 10.1 Å². The maximum Gasteiger partial charge on any atom is 0.293 e. The van der Waals surface area contributed by atoms with Crippen LogP contribution in [0, 0.1) is 0 Å². The molecule has 5 heteroatoms. The zero-order chi connectivity index (χ0) is 9.31. The standard InChI is InChI=1S/C8H11BrN2O2/c1-8(3-2-4-12-5-8)6-10-7(9)13-11-6/h2-5H2,1H3. The summed E-state index contributed by atoms with van der Waals surface area (Å²) in [6, 6.07) is 0. The van der Waals surface area contributed by atoms with E-state index in [9.17, 15) is 0 Å². The molecule has 0 N–H and O–H groups in total. The Balaban J connectivity index is 2.22. The van der Waals surface area contributed by atoms with Crippen LogP contribution in [0.15, 0.2) is 9.32 Å². The van der Waals surface area contributed by atoms with Crippen LogP contribution in [-0.2, 0) is 10.2 Å². The van der Waals surface area contributed by atoms with E-state index in [1.54, 1.807) is 0 Å². The largest absolute Gasteiger partial charge is 0.380 e. The first-order valence-corrected chi connectivity index (χ1v) is 5.07. The van der Waals surface area contributed by atoms with Crippen LogP contribution in [-0.4, -0.2) is 23.4 Å². The number of aromatic nitrogens is 2. The van der Waals surface area contributed by atoms with Crippen LogP contribution in [0.4, 0.5) is 0 Å². The van der Waals surface area contributed by atoms with E-state index in [0.717, 1.165) is 25.3 Å². The van der Waals surface area contributed by atoms with Crippen molar-refractivity contribution >= 4 is 15.9 Å². The van der Waals surface area contributed by atoms with Gasteiger partial charge in [0.2, 0.25) is 0 Å². The van der Waals surface area contributed by atoms with E-state index in [1.165, 1.54) is 0 Å². The second-order valence-corrected chi connectivity index (χ2v) is 4.27. The Morgan fingerprint density at radius 2 is 2.38 bits per heavy atom. The first-order valence-electron chi connectivity index (χ1n) is 4.28. The van der Waals surface area contributed by atoms with Crippen molar-refractivity contribution in [3.63, 3.8) is 0 Å². The number of rotatable bonds is 1. The highest BCUT2D eigenvalue weighted by atomic mass is 79.9. The summed E-state index contributed by atoms with van der Waals surface area (Å²) < 4.78 is 10.3. The van der Waals surface area contributed by atoms with Crippen molar-refractivity contribution in [3.8, 4) is 0 Å². The van der Waals surface area contributed by atoms with E-state index < -0.39 is 0 Å². The lowest BCUT2D eigenvalue weighted by Crippen LogP contribution is -2.34. The van der Waals surface area contributed by atoms with Crippen molar-refractivity contribution in [2.75, 3.05) is 13.2 Å². The molecule has 1 aromatic rings. The lowest BCUT2D eigenvalue weighted by atomic mass is 9.84. The molecule has 2 rings (SSSR count). The highest BCUT2D eigenvalue weighted by Gasteiger charge is 2.34. The topological polar surface area (TPSA) is 48.2 Å². The number of ether oxygens (including phenoxy) is 1. The molecule has 0 radical (unpaired) electrons. The van der Waals surface area contributed by atoms with E-state index in [2.05, 4.69) is 33.0 Å². The van der Waals surface area contributed by atoms with Gasteiger partial charge in [0, 0.05) is 22.5 Å². The summed E-state index contributed by atoms with van der Waals surface area (Å²) in [5.41, 5.74) is -0.0756. The Kier molecular flexibility index (Phi) is 2.38. The molecule has 1 unspecified atom stereocenters. The number of hydrogen-bond donors (Lipinski definition) is 0. The van der Waals surface area contributed by atoms with Gasteiger partial charge < -0.3 is 9.26 Å². The lowest BCUT2D eigenvalue weighted by molar-refractivity contribution is 0.0374. The van der Waals surface area contributed by atoms with Gasteiger partial charge in [-0.1, -0.05) is 12.1 Å². The smallest absolute Gasteiger partial charge is 0.293 e. The maximum atomic E-state index is 5.41. The summed E-state index contributed by atoms with van der Waals surface area (Å²) in [4.78, 5) is 4.60. The van der Waals surface area contributed by atoms with E-state index in [1.807, 2.05) is 0 Å². The quantitative estimate of drug-likeness (QED) is 0.760. The molecule has 1 aliphatic rings. The molecular weight excluding hydrogens is 236 g/mol. The SMILES string of the molecule is CC1(c2noc(Br)n2)CCCOC1. The van der Waals surface area contributed by atoms with Crippen molar-refractivity contribution in [3.05, 3.63) is 10.6 Å². The molecule has 1 saturated heterocycles. The average Bonchev–Trinajstić information content (AvgIpc) is 2.54. The van der Waals surface area contributed by atoms with Gasteiger partial charge in [-0.05, 0) is 12.8 Å². The van der Waals surface area contributed by atoms with Crippen molar-refractivity contribution < 1.29 is 9.26 Å². The molecule has 0 bridgehead atoms. The minimum absolute atomic E-state index is 0.0756. The number of nitrogens with zero attached hydrogens (tertiary/aromatic N) is 2. The second kappa shape index (κ2) is 3.38. The van der Waals surface area contributed by atoms with Crippen molar-refractivity contribution in [2.24, 2.45) is 0 Å². The maximum absolute atomic E-state index is 5.41. The first kappa shape index (κ1) is 9.15. The third-order valence-electron chi connectivity index (χ3n) is 2.38. The molecule has 0 amide bonds. The van der Waals surface area contributed by atoms with Crippen LogP contribution in [0.1, 0.15) is 25.6 Å². The molecule has 0 aliphatic carbocycles. The highest BCUT2D eigenvalue weighted by Crippen LogP contribution is 2.30. The van der Waals surface area contributed by atoms with Crippen LogP contribution in [0.5, 0.6) is 0 Å². The van der Waals surface area contributed by atoms with Crippen LogP contribution < -0.4 is 0 Å². The molecule has 0 spiro atoms. The second-order valence-electron chi connectivity index (χ2n) is 3.59. The Labute approximate surface area is 84.8 Å². The van der Waals surface area contributed by atoms with Gasteiger partial charge >= 0.3 is 0 Å². The van der Waals surface area contributed by atoms with E-state index in [4.69, 9.17) is 9.26 Å². The molecule has 1 atom stereocenters. The molecule has 1 aromatic heterocycles. The van der Waals surface area contributed by atoms with Gasteiger partial charge in [-0.2, -0.15) is 4.98 Å². The monoisotopic (exact) mass is 246 g/mol. The van der Waals surface area contributed by atoms with Crippen LogP contribution in [0.3, 0.4) is 0 Å². The highest BCUT2D eigenvalue weighted by molar-refractivity contribution is 9.10. The van der Waals surface area contributed by atoms with Gasteiger partial charge in [-0.25, -0.2) is 0 Å². The summed E-state index contributed by atoms with van der Waals surface area (Å²) in [7, 11) is 0. The van der Waals surface area contributed by atoms with Crippen LogP contribution in [0.2, 0.25) is 0 Å². The van der Waals surface area contributed by atoms with Gasteiger partial charge in [-0.15, -0.1) is 0 Å². The normalized spacial score (nSPS) is 29.1. The summed E-state index contributed by atoms with van der Waals surface area (Å²) in [5.74, 6) is 0.735. The zero-order valence-electron chi connectivity index (χ0n) is 7.42. The van der Waals surface area contributed by atoms with Crippen molar-refractivity contribution in [2.45, 2.75) is 25.2 Å². The molecular formula is C8H11BrN2O2. The van der Waals surface area contributed by atoms with Gasteiger partial charge in [0.25, 0.3) is 4.80 Å². The molecule has 4 nitrogen and oxygen atoms in total. The lowest BCUT2D eigenvalue weighted by Gasteiger charge is -2.29. The molecule has 1 fully saturated rings. The number of hydrogen-bond acceptors (Lipinski definition) is 4. The Morgan fingerprint density at radius 3 is 2.92 bits per heavy atom. The predicted molar refractivity (Wildman–Crippen MR) is 49.4 cm³/mol. The molecule has 13 heavy (non-hydrogen) atoms. The first-order chi connectivity index (χ1) is 6.21. The predicted octanol–water partition coefficient (Wildman–Crippen LogP) is 1.90. The number of halogens is 1. The van der Waals surface area contributed by atoms with Crippen molar-refractivity contribution in [1.29, 1.82) is 0 Å². The van der Waals surface area contributed by atoms with Gasteiger partial charge in [0.15, 0.2) is 5.82 Å². The molecule has 0 aromatic carbocycles. The van der Waals surface area contributed by atoms with E-state index in [-0.39, 0.29) is 5.41 Å². The summed E-state index contributed by atoms with van der Waals surface area (Å²) >= 11 is 3.14. The Morgan fingerprint density at radius 1 is 1.54 bits per heavy atom. The van der Waals surface area contributed by atoms with Crippen LogP contribution >= 0.6 is 15.9 Å². The third-order valence-corrected chi connectivity index (χ3v) is 2.70. The third kappa shape index (κ3) is 1.76. The average molecular weight is 247 g/mol. The Hall–Kier alpha value is -0.420. The van der Waals surface area contributed by atoms with E-state index >= 15 is 0 Å². The Bertz CT molecular complexity index is 294. The van der Waals surface area contributed by atoms with E-state index in [0.29, 0.717) is 11.4 Å². The molecule has 1 aliphatic heterocycles. The molecule has 2 heterocycles. The zero-order valence-corrected chi connectivity index (χ0v) is 9.00. The summed E-state index contributed by atoms with van der Waals surface area (Å²) in [5, 5.41) is 3.90. The fourth-order valence-electron chi connectivity index (χ4n) is 1.56. The van der Waals surface area contributed by atoms with Crippen LogP contribution in [0.25, 0.3) is 0 Å². The van der Waals surface area contributed by atoms with Gasteiger partial charge in [-0.3, -0.25) is 0 Å². The molecule has 72 valence electrons. The fraction of sp³-hybridized carbons (Fsp3) is 0.750. The molecule has 0 saturated carbocycles. The summed E-state index contributed by atoms with van der Waals surface area (Å²) in [6.07, 6.45) is 2.11. The minimum atomic E-state index is -0.0756. The summed E-state index contributed by atoms with van der Waals surface area (Å²) in [6.45, 7) is 3.62. The fourth-order valence-corrected chi connectivity index (χ4v) is 1.80. The minimum Gasteiger partial charge on any atom is -0.380 e.